The van der Waals surface area contributed by atoms with Crippen LogP contribution in [0.25, 0.3) is 11.1 Å². The van der Waals surface area contributed by atoms with Gasteiger partial charge >= 0.3 is 11.9 Å². The third-order valence-electron chi connectivity index (χ3n) is 4.70. The fourth-order valence-corrected chi connectivity index (χ4v) is 3.53. The van der Waals surface area contributed by atoms with Gasteiger partial charge in [0.25, 0.3) is 0 Å². The Kier molecular flexibility index (Phi) is 6.17. The Morgan fingerprint density at radius 1 is 0.862 bits per heavy atom. The number of hydrogen-bond donors (Lipinski definition) is 1. The normalized spacial score (nSPS) is 10.7. The minimum absolute atomic E-state index is 0.0334. The molecule has 0 amide bonds. The predicted octanol–water partition coefficient (Wildman–Crippen LogP) is 4.75. The maximum atomic E-state index is 12.9. The monoisotopic (exact) mass is 392 g/mol. The molecule has 0 atom stereocenters. The van der Waals surface area contributed by atoms with E-state index in [1.165, 1.54) is 12.1 Å². The molecular weight excluding hydrogens is 368 g/mol. The SMILES string of the molecule is CCOC(=O)c1c2ccc(O)ccc-2c(C(=O)OCC)c1Cc1cccc(C)c1. The van der Waals surface area contributed by atoms with Gasteiger partial charge in [-0.15, -0.1) is 0 Å². The Labute approximate surface area is 170 Å². The van der Waals surface area contributed by atoms with Crippen molar-refractivity contribution in [3.63, 3.8) is 0 Å². The predicted molar refractivity (Wildman–Crippen MR) is 111 cm³/mol. The van der Waals surface area contributed by atoms with Crippen molar-refractivity contribution >= 4 is 11.9 Å². The molecule has 29 heavy (non-hydrogen) atoms. The van der Waals surface area contributed by atoms with E-state index >= 15 is 0 Å². The van der Waals surface area contributed by atoms with E-state index in [0.717, 1.165) is 11.1 Å². The molecule has 2 aliphatic rings. The van der Waals surface area contributed by atoms with Crippen molar-refractivity contribution in [2.75, 3.05) is 13.2 Å². The zero-order valence-electron chi connectivity index (χ0n) is 16.8. The molecule has 0 heterocycles. The molecule has 0 aromatic heterocycles. The number of rotatable bonds is 6. The highest BCUT2D eigenvalue weighted by atomic mass is 16.5. The second-order valence-electron chi connectivity index (χ2n) is 6.75. The Balaban J connectivity index is 2.31. The Morgan fingerprint density at radius 3 is 1.90 bits per heavy atom. The number of carbonyl (C=O) groups excluding carboxylic acids is 2. The van der Waals surface area contributed by atoms with Gasteiger partial charge in [0, 0.05) is 0 Å². The number of carbonyl (C=O) groups is 2. The van der Waals surface area contributed by atoms with Gasteiger partial charge in [0.15, 0.2) is 0 Å². The van der Waals surface area contributed by atoms with Crippen LogP contribution in [0.4, 0.5) is 0 Å². The van der Waals surface area contributed by atoms with Crippen molar-refractivity contribution in [1.82, 2.24) is 0 Å². The second kappa shape index (κ2) is 8.78. The number of aromatic hydroxyl groups is 1. The summed E-state index contributed by atoms with van der Waals surface area (Å²) < 4.78 is 10.6. The Bertz CT molecular complexity index is 966. The molecular formula is C24H24O5. The average molecular weight is 392 g/mol. The molecule has 2 aliphatic carbocycles. The molecule has 0 fully saturated rings. The molecule has 1 aromatic carbocycles. The van der Waals surface area contributed by atoms with Crippen LogP contribution in [0, 0.1) is 6.92 Å². The third kappa shape index (κ3) is 4.24. The lowest BCUT2D eigenvalue weighted by molar-refractivity contribution is 0.0525. The number of benzene rings is 1. The summed E-state index contributed by atoms with van der Waals surface area (Å²) >= 11 is 0. The van der Waals surface area contributed by atoms with Crippen LogP contribution in [-0.2, 0) is 15.9 Å². The van der Waals surface area contributed by atoms with Gasteiger partial charge in [-0.05, 0) is 73.7 Å². The molecule has 5 nitrogen and oxygen atoms in total. The highest BCUT2D eigenvalue weighted by Crippen LogP contribution is 2.39. The first-order chi connectivity index (χ1) is 14.0. The van der Waals surface area contributed by atoms with Gasteiger partial charge in [-0.2, -0.15) is 0 Å². The maximum Gasteiger partial charge on any atom is 0.339 e. The first-order valence-corrected chi connectivity index (χ1v) is 9.63. The summed E-state index contributed by atoms with van der Waals surface area (Å²) in [6.07, 6.45) is 0.383. The lowest BCUT2D eigenvalue weighted by Crippen LogP contribution is -2.11. The van der Waals surface area contributed by atoms with Crippen molar-refractivity contribution in [2.45, 2.75) is 27.2 Å². The molecule has 1 aromatic rings. The molecule has 3 rings (SSSR count). The molecule has 0 saturated heterocycles. The smallest absolute Gasteiger partial charge is 0.339 e. The topological polar surface area (TPSA) is 72.8 Å². The van der Waals surface area contributed by atoms with Crippen LogP contribution in [0.1, 0.15) is 51.3 Å². The third-order valence-corrected chi connectivity index (χ3v) is 4.70. The van der Waals surface area contributed by atoms with Crippen LogP contribution in [0.2, 0.25) is 0 Å². The zero-order chi connectivity index (χ0) is 21.0. The van der Waals surface area contributed by atoms with E-state index in [-0.39, 0.29) is 19.0 Å². The number of hydrogen-bond acceptors (Lipinski definition) is 5. The molecule has 5 heteroatoms. The van der Waals surface area contributed by atoms with Gasteiger partial charge in [-0.25, -0.2) is 9.59 Å². The van der Waals surface area contributed by atoms with E-state index in [1.807, 2.05) is 31.2 Å². The van der Waals surface area contributed by atoms with E-state index in [0.29, 0.717) is 34.2 Å². The summed E-state index contributed by atoms with van der Waals surface area (Å²) in [6.45, 7) is 5.90. The first kappa shape index (κ1) is 20.4. The first-order valence-electron chi connectivity index (χ1n) is 9.63. The Hall–Kier alpha value is -3.34. The molecule has 0 radical (unpaired) electrons. The molecule has 0 spiro atoms. The summed E-state index contributed by atoms with van der Waals surface area (Å²) in [6, 6.07) is 14.2. The second-order valence-corrected chi connectivity index (χ2v) is 6.75. The van der Waals surface area contributed by atoms with Crippen molar-refractivity contribution in [2.24, 2.45) is 0 Å². The zero-order valence-corrected chi connectivity index (χ0v) is 16.8. The summed E-state index contributed by atoms with van der Waals surface area (Å²) in [5, 5.41) is 9.89. The van der Waals surface area contributed by atoms with E-state index in [9.17, 15) is 14.7 Å². The van der Waals surface area contributed by atoms with Crippen LogP contribution >= 0.6 is 0 Å². The van der Waals surface area contributed by atoms with Crippen LogP contribution in [0.15, 0.2) is 48.5 Å². The number of aryl methyl sites for hydroxylation is 1. The van der Waals surface area contributed by atoms with Crippen molar-refractivity contribution in [1.29, 1.82) is 0 Å². The summed E-state index contributed by atoms with van der Waals surface area (Å²) in [4.78, 5) is 25.8. The van der Waals surface area contributed by atoms with Crippen LogP contribution < -0.4 is 0 Å². The van der Waals surface area contributed by atoms with Crippen molar-refractivity contribution in [3.05, 3.63) is 76.3 Å². The van der Waals surface area contributed by atoms with Gasteiger partial charge in [-0.3, -0.25) is 0 Å². The van der Waals surface area contributed by atoms with Crippen molar-refractivity contribution in [3.8, 4) is 16.9 Å². The largest absolute Gasteiger partial charge is 0.508 e. The lowest BCUT2D eigenvalue weighted by atomic mass is 9.99. The van der Waals surface area contributed by atoms with Crippen molar-refractivity contribution < 1.29 is 24.2 Å². The van der Waals surface area contributed by atoms with Crippen LogP contribution in [-0.4, -0.2) is 30.3 Å². The number of esters is 2. The fraction of sp³-hybridized carbons (Fsp3) is 0.250. The molecule has 0 unspecified atom stereocenters. The van der Waals surface area contributed by atoms with E-state index in [1.54, 1.807) is 26.0 Å². The fourth-order valence-electron chi connectivity index (χ4n) is 3.53. The minimum atomic E-state index is -0.499. The van der Waals surface area contributed by atoms with E-state index < -0.39 is 11.9 Å². The average Bonchev–Trinajstić information content (AvgIpc) is 2.86. The highest BCUT2D eigenvalue weighted by Gasteiger charge is 2.31. The van der Waals surface area contributed by atoms with Crippen LogP contribution in [0.3, 0.4) is 0 Å². The number of fused-ring (bicyclic) bond motifs is 1. The summed E-state index contributed by atoms with van der Waals surface area (Å²) in [5.74, 6) is -0.964. The highest BCUT2D eigenvalue weighted by molar-refractivity contribution is 6.10. The summed E-state index contributed by atoms with van der Waals surface area (Å²) in [7, 11) is 0. The molecule has 150 valence electrons. The quantitative estimate of drug-likeness (QED) is 0.613. The van der Waals surface area contributed by atoms with Crippen LogP contribution in [0.5, 0.6) is 5.75 Å². The van der Waals surface area contributed by atoms with Gasteiger partial charge in [0.2, 0.25) is 0 Å². The molecule has 0 bridgehead atoms. The lowest BCUT2D eigenvalue weighted by Gasteiger charge is -2.09. The number of ether oxygens (including phenoxy) is 2. The summed E-state index contributed by atoms with van der Waals surface area (Å²) in [5.41, 5.74) is 4.41. The molecule has 1 N–H and O–H groups in total. The molecule has 0 aliphatic heterocycles. The standard InChI is InChI=1S/C24H24O5/c1-4-28-23(26)21-18-11-9-17(25)10-12-19(18)22(24(27)29-5-2)20(21)14-16-8-6-7-15(3)13-16/h6-13,25H,4-5,14H2,1-3H3. The maximum absolute atomic E-state index is 12.9. The van der Waals surface area contributed by atoms with Gasteiger partial charge in [-0.1, -0.05) is 29.8 Å². The van der Waals surface area contributed by atoms with E-state index in [2.05, 4.69) is 0 Å². The Morgan fingerprint density at radius 2 is 1.41 bits per heavy atom. The van der Waals surface area contributed by atoms with E-state index in [4.69, 9.17) is 9.47 Å². The van der Waals surface area contributed by atoms with Gasteiger partial charge in [0.05, 0.1) is 24.3 Å². The minimum Gasteiger partial charge on any atom is -0.508 e. The van der Waals surface area contributed by atoms with Gasteiger partial charge in [0.1, 0.15) is 5.75 Å². The van der Waals surface area contributed by atoms with Gasteiger partial charge < -0.3 is 14.6 Å². The molecule has 0 saturated carbocycles.